The van der Waals surface area contributed by atoms with Crippen molar-refractivity contribution in [1.29, 1.82) is 0 Å². The molecule has 6 nitrogen and oxygen atoms in total. The Morgan fingerprint density at radius 2 is 0.684 bits per heavy atom. The van der Waals surface area contributed by atoms with Crippen LogP contribution in [-0.2, 0) is 28.6 Å². The zero-order chi connectivity index (χ0) is 41.5. The van der Waals surface area contributed by atoms with Gasteiger partial charge in [0.1, 0.15) is 13.2 Å². The number of hydrogen-bond acceptors (Lipinski definition) is 6. The Morgan fingerprint density at radius 3 is 1.07 bits per heavy atom. The van der Waals surface area contributed by atoms with Gasteiger partial charge in [0.2, 0.25) is 0 Å². The van der Waals surface area contributed by atoms with E-state index in [2.05, 4.69) is 93.7 Å². The number of allylic oxidation sites excluding steroid dienone is 12. The first-order valence-electron chi connectivity index (χ1n) is 23.4. The van der Waals surface area contributed by atoms with Crippen molar-refractivity contribution in [3.63, 3.8) is 0 Å². The van der Waals surface area contributed by atoms with Crippen LogP contribution in [0.4, 0.5) is 0 Å². The fraction of sp³-hybridized carbons (Fsp3) is 0.706. The average molecular weight is 795 g/mol. The fourth-order valence-corrected chi connectivity index (χ4v) is 6.23. The van der Waals surface area contributed by atoms with E-state index in [-0.39, 0.29) is 31.1 Å². The highest BCUT2D eigenvalue weighted by Crippen LogP contribution is 2.13. The van der Waals surface area contributed by atoms with Crippen molar-refractivity contribution in [2.24, 2.45) is 0 Å². The first-order chi connectivity index (χ1) is 28.0. The molecule has 0 N–H and O–H groups in total. The summed E-state index contributed by atoms with van der Waals surface area (Å²) in [5.41, 5.74) is 0. The number of esters is 3. The summed E-state index contributed by atoms with van der Waals surface area (Å²) in [6, 6.07) is 0. The molecule has 0 aliphatic carbocycles. The van der Waals surface area contributed by atoms with Crippen molar-refractivity contribution in [3.8, 4) is 0 Å². The lowest BCUT2D eigenvalue weighted by Gasteiger charge is -2.18. The minimum Gasteiger partial charge on any atom is -0.462 e. The van der Waals surface area contributed by atoms with Gasteiger partial charge in [0.05, 0.1) is 0 Å². The summed E-state index contributed by atoms with van der Waals surface area (Å²) in [6.45, 7) is 6.35. The molecule has 0 fully saturated rings. The Labute approximate surface area is 351 Å². The average Bonchev–Trinajstić information content (AvgIpc) is 3.21. The Morgan fingerprint density at radius 1 is 0.368 bits per heavy atom. The molecule has 57 heavy (non-hydrogen) atoms. The Bertz CT molecular complexity index is 1100. The maximum absolute atomic E-state index is 12.7. The quantitative estimate of drug-likeness (QED) is 0.0265. The Balaban J connectivity index is 4.41. The zero-order valence-corrected chi connectivity index (χ0v) is 37.1. The summed E-state index contributed by atoms with van der Waals surface area (Å²) in [5.74, 6) is -0.931. The number of carbonyl (C=O) groups excluding carboxylic acids is 3. The molecule has 0 aliphatic rings. The van der Waals surface area contributed by atoms with Gasteiger partial charge in [0, 0.05) is 19.3 Å². The van der Waals surface area contributed by atoms with Crippen molar-refractivity contribution in [1.82, 2.24) is 0 Å². The minimum absolute atomic E-state index is 0.0885. The predicted octanol–water partition coefficient (Wildman–Crippen LogP) is 15.1. The van der Waals surface area contributed by atoms with Crippen LogP contribution in [-0.4, -0.2) is 37.2 Å². The van der Waals surface area contributed by atoms with E-state index in [0.29, 0.717) is 19.3 Å². The molecule has 0 rings (SSSR count). The fourth-order valence-electron chi connectivity index (χ4n) is 6.23. The van der Waals surface area contributed by atoms with Crippen molar-refractivity contribution < 1.29 is 28.6 Å². The van der Waals surface area contributed by atoms with E-state index in [1.54, 1.807) is 0 Å². The standard InChI is InChI=1S/C51H86O6/c1-4-7-10-13-16-19-21-23-25-26-28-29-32-35-38-41-44-50(53)56-47-48(46-55-49(52)43-40-37-34-31-18-15-12-9-6-3)57-51(54)45-42-39-36-33-30-27-24-22-20-17-14-11-8-5-2/h7-8,10-11,16-17,19-20,23-25,27,48H,4-6,9,12-15,18,21-22,26,28-47H2,1-3H3/b10-7-,11-8-,19-16-,20-17-,25-23-,27-24-. The largest absolute Gasteiger partial charge is 0.462 e. The molecule has 0 radical (unpaired) electrons. The lowest BCUT2D eigenvalue weighted by atomic mass is 10.1. The van der Waals surface area contributed by atoms with Crippen LogP contribution in [0, 0.1) is 0 Å². The van der Waals surface area contributed by atoms with Gasteiger partial charge in [0.15, 0.2) is 6.10 Å². The second-order valence-electron chi connectivity index (χ2n) is 15.3. The summed E-state index contributed by atoms with van der Waals surface area (Å²) in [5, 5.41) is 0. The lowest BCUT2D eigenvalue weighted by Crippen LogP contribution is -2.30. The summed E-state index contributed by atoms with van der Waals surface area (Å²) in [7, 11) is 0. The van der Waals surface area contributed by atoms with E-state index in [1.807, 2.05) is 0 Å². The smallest absolute Gasteiger partial charge is 0.306 e. The van der Waals surface area contributed by atoms with Crippen molar-refractivity contribution in [2.75, 3.05) is 13.2 Å². The van der Waals surface area contributed by atoms with Gasteiger partial charge in [-0.05, 0) is 83.5 Å². The molecule has 0 saturated heterocycles. The van der Waals surface area contributed by atoms with Crippen LogP contribution in [0.3, 0.4) is 0 Å². The molecule has 0 aromatic heterocycles. The number of unbranched alkanes of at least 4 members (excludes halogenated alkanes) is 18. The van der Waals surface area contributed by atoms with Crippen LogP contribution in [0.1, 0.15) is 213 Å². The number of carbonyl (C=O) groups is 3. The molecule has 0 bridgehead atoms. The minimum atomic E-state index is -0.789. The molecule has 0 saturated carbocycles. The van der Waals surface area contributed by atoms with E-state index < -0.39 is 6.10 Å². The van der Waals surface area contributed by atoms with Crippen LogP contribution in [0.2, 0.25) is 0 Å². The maximum Gasteiger partial charge on any atom is 0.306 e. The summed E-state index contributed by atoms with van der Waals surface area (Å²) < 4.78 is 16.7. The van der Waals surface area contributed by atoms with Crippen LogP contribution in [0.15, 0.2) is 72.9 Å². The highest BCUT2D eigenvalue weighted by molar-refractivity contribution is 5.71. The zero-order valence-electron chi connectivity index (χ0n) is 37.1. The molecule has 1 atom stereocenters. The highest BCUT2D eigenvalue weighted by Gasteiger charge is 2.19. The highest BCUT2D eigenvalue weighted by atomic mass is 16.6. The van der Waals surface area contributed by atoms with Crippen LogP contribution < -0.4 is 0 Å². The second kappa shape index (κ2) is 45.6. The lowest BCUT2D eigenvalue weighted by molar-refractivity contribution is -0.167. The molecule has 1 unspecified atom stereocenters. The van der Waals surface area contributed by atoms with Gasteiger partial charge < -0.3 is 14.2 Å². The van der Waals surface area contributed by atoms with E-state index in [4.69, 9.17) is 14.2 Å². The van der Waals surface area contributed by atoms with E-state index in [9.17, 15) is 14.4 Å². The molecule has 0 aromatic carbocycles. The van der Waals surface area contributed by atoms with Crippen molar-refractivity contribution in [2.45, 2.75) is 219 Å². The predicted molar refractivity (Wildman–Crippen MR) is 242 cm³/mol. The molecule has 0 amide bonds. The Hall–Kier alpha value is -3.15. The molecule has 0 spiro atoms. The van der Waals surface area contributed by atoms with Gasteiger partial charge in [-0.1, -0.05) is 184 Å². The normalized spacial score (nSPS) is 12.7. The molecule has 0 aliphatic heterocycles. The molecule has 326 valence electrons. The third-order valence-electron chi connectivity index (χ3n) is 9.71. The number of ether oxygens (including phenoxy) is 3. The summed E-state index contributed by atoms with van der Waals surface area (Å²) in [4.78, 5) is 37.7. The first-order valence-corrected chi connectivity index (χ1v) is 23.4. The van der Waals surface area contributed by atoms with E-state index in [1.165, 1.54) is 57.8 Å². The third kappa shape index (κ3) is 43.8. The summed E-state index contributed by atoms with van der Waals surface area (Å²) in [6.07, 6.45) is 56.0. The van der Waals surface area contributed by atoms with Gasteiger partial charge in [0.25, 0.3) is 0 Å². The number of rotatable bonds is 41. The van der Waals surface area contributed by atoms with Gasteiger partial charge >= 0.3 is 17.9 Å². The number of hydrogen-bond donors (Lipinski definition) is 0. The topological polar surface area (TPSA) is 78.9 Å². The van der Waals surface area contributed by atoms with E-state index in [0.717, 1.165) is 116 Å². The molecule has 6 heteroatoms. The first kappa shape index (κ1) is 53.9. The summed E-state index contributed by atoms with van der Waals surface area (Å²) >= 11 is 0. The van der Waals surface area contributed by atoms with Crippen molar-refractivity contribution >= 4 is 17.9 Å². The van der Waals surface area contributed by atoms with Gasteiger partial charge in [-0.3, -0.25) is 14.4 Å². The van der Waals surface area contributed by atoms with Crippen molar-refractivity contribution in [3.05, 3.63) is 72.9 Å². The third-order valence-corrected chi connectivity index (χ3v) is 9.71. The molecular formula is C51H86O6. The van der Waals surface area contributed by atoms with Gasteiger partial charge in [-0.2, -0.15) is 0 Å². The van der Waals surface area contributed by atoms with Crippen LogP contribution >= 0.6 is 0 Å². The molecule has 0 heterocycles. The second-order valence-corrected chi connectivity index (χ2v) is 15.3. The van der Waals surface area contributed by atoms with Gasteiger partial charge in [-0.25, -0.2) is 0 Å². The maximum atomic E-state index is 12.7. The molecule has 0 aromatic rings. The monoisotopic (exact) mass is 795 g/mol. The Kier molecular flexibility index (Phi) is 43.0. The van der Waals surface area contributed by atoms with Crippen LogP contribution in [0.25, 0.3) is 0 Å². The SMILES string of the molecule is CC/C=C\C/C=C\C/C=C\CCCCCCCCC(=O)OCC(COC(=O)CCCCCCCCCCC)OC(=O)CCCCCC/C=C\C/C=C\C/C=C\CC. The molecular weight excluding hydrogens is 709 g/mol. The van der Waals surface area contributed by atoms with E-state index >= 15 is 0 Å². The van der Waals surface area contributed by atoms with Crippen LogP contribution in [0.5, 0.6) is 0 Å². The van der Waals surface area contributed by atoms with Gasteiger partial charge in [-0.15, -0.1) is 0 Å².